The van der Waals surface area contributed by atoms with Crippen molar-refractivity contribution in [3.05, 3.63) is 42.9 Å². The van der Waals surface area contributed by atoms with Gasteiger partial charge in [0, 0.05) is 17.8 Å². The van der Waals surface area contributed by atoms with Crippen LogP contribution in [0.4, 0.5) is 5.82 Å². The minimum Gasteiger partial charge on any atom is -0.367 e. The molecule has 0 radical (unpaired) electrons. The molecule has 6 nitrogen and oxygen atoms in total. The highest BCUT2D eigenvalue weighted by Crippen LogP contribution is 2.28. The zero-order valence-corrected chi connectivity index (χ0v) is 14.1. The van der Waals surface area contributed by atoms with Crippen LogP contribution >= 0.6 is 0 Å². The van der Waals surface area contributed by atoms with Gasteiger partial charge in [0.05, 0.1) is 0 Å². The Morgan fingerprint density at radius 2 is 1.80 bits per heavy atom. The Hall–Kier alpha value is -2.76. The van der Waals surface area contributed by atoms with Crippen LogP contribution in [0.15, 0.2) is 47.4 Å². The Balaban J connectivity index is 1.59. The Labute approximate surface area is 146 Å². The fourth-order valence-corrected chi connectivity index (χ4v) is 3.26. The van der Waals surface area contributed by atoms with Gasteiger partial charge in [-0.2, -0.15) is 4.98 Å². The number of benzene rings is 1. The van der Waals surface area contributed by atoms with E-state index in [1.807, 2.05) is 30.3 Å². The molecule has 0 bridgehead atoms. The Kier molecular flexibility index (Phi) is 4.68. The zero-order chi connectivity index (χ0) is 16.9. The quantitative estimate of drug-likeness (QED) is 0.715. The van der Waals surface area contributed by atoms with Crippen LogP contribution in [0.3, 0.4) is 0 Å². The minimum atomic E-state index is 0.438. The smallest absolute Gasteiger partial charge is 0.263 e. The Morgan fingerprint density at radius 1 is 1.00 bits per heavy atom. The first-order valence-corrected chi connectivity index (χ1v) is 8.86. The molecule has 3 aromatic rings. The lowest BCUT2D eigenvalue weighted by Gasteiger charge is -2.17. The molecule has 4 rings (SSSR count). The van der Waals surface area contributed by atoms with Gasteiger partial charge in [-0.3, -0.25) is 0 Å². The van der Waals surface area contributed by atoms with Crippen molar-refractivity contribution in [1.82, 2.24) is 20.1 Å². The molecule has 25 heavy (non-hydrogen) atoms. The Bertz CT molecular complexity index is 809. The summed E-state index contributed by atoms with van der Waals surface area (Å²) in [6.45, 7) is 0. The van der Waals surface area contributed by atoms with Gasteiger partial charge in [-0.25, -0.2) is 9.97 Å². The van der Waals surface area contributed by atoms with Gasteiger partial charge in [0.25, 0.3) is 5.89 Å². The number of aromatic nitrogens is 4. The number of nitrogens with zero attached hydrogens (tertiary/aromatic N) is 4. The average Bonchev–Trinajstić information content (AvgIpc) is 3.01. The van der Waals surface area contributed by atoms with E-state index < -0.39 is 0 Å². The first kappa shape index (κ1) is 15.7. The lowest BCUT2D eigenvalue weighted by atomic mass is 10.1. The molecular formula is C19H21N5O. The molecule has 128 valence electrons. The maximum Gasteiger partial charge on any atom is 0.263 e. The molecule has 1 aromatic carbocycles. The molecule has 1 aliphatic rings. The highest BCUT2D eigenvalue weighted by molar-refractivity contribution is 5.69. The maximum absolute atomic E-state index is 5.48. The van der Waals surface area contributed by atoms with Crippen molar-refractivity contribution in [2.75, 3.05) is 5.32 Å². The maximum atomic E-state index is 5.48. The third-order valence-electron chi connectivity index (χ3n) is 4.60. The molecule has 0 aliphatic heterocycles. The molecule has 2 heterocycles. The van der Waals surface area contributed by atoms with Crippen LogP contribution in [0.1, 0.15) is 38.5 Å². The number of anilines is 1. The summed E-state index contributed by atoms with van der Waals surface area (Å²) in [4.78, 5) is 13.1. The third kappa shape index (κ3) is 3.68. The molecule has 0 amide bonds. The first-order valence-electron chi connectivity index (χ1n) is 8.86. The average molecular weight is 335 g/mol. The van der Waals surface area contributed by atoms with Crippen LogP contribution in [-0.2, 0) is 0 Å². The van der Waals surface area contributed by atoms with Crippen LogP contribution in [0, 0.1) is 0 Å². The zero-order valence-electron chi connectivity index (χ0n) is 14.1. The van der Waals surface area contributed by atoms with Crippen LogP contribution in [0.2, 0.25) is 0 Å². The normalized spacial score (nSPS) is 15.7. The van der Waals surface area contributed by atoms with E-state index in [0.717, 1.165) is 16.9 Å². The van der Waals surface area contributed by atoms with Crippen LogP contribution in [-0.4, -0.2) is 26.2 Å². The van der Waals surface area contributed by atoms with E-state index in [0.29, 0.717) is 17.8 Å². The van der Waals surface area contributed by atoms with E-state index in [-0.39, 0.29) is 0 Å². The van der Waals surface area contributed by atoms with Crippen molar-refractivity contribution in [1.29, 1.82) is 0 Å². The molecule has 0 saturated heterocycles. The lowest BCUT2D eigenvalue weighted by molar-refractivity contribution is 0.432. The van der Waals surface area contributed by atoms with E-state index in [2.05, 4.69) is 25.4 Å². The number of nitrogens with one attached hydrogen (secondary N) is 1. The topological polar surface area (TPSA) is 76.7 Å². The Morgan fingerprint density at radius 3 is 2.60 bits per heavy atom. The first-order chi connectivity index (χ1) is 12.4. The largest absolute Gasteiger partial charge is 0.367 e. The molecule has 6 heteroatoms. The highest BCUT2D eigenvalue weighted by Gasteiger charge is 2.19. The van der Waals surface area contributed by atoms with Gasteiger partial charge < -0.3 is 9.84 Å². The van der Waals surface area contributed by atoms with E-state index >= 15 is 0 Å². The fourth-order valence-electron chi connectivity index (χ4n) is 3.26. The van der Waals surface area contributed by atoms with Crippen molar-refractivity contribution < 1.29 is 4.52 Å². The van der Waals surface area contributed by atoms with E-state index in [9.17, 15) is 0 Å². The third-order valence-corrected chi connectivity index (χ3v) is 4.60. The van der Waals surface area contributed by atoms with Crippen molar-refractivity contribution in [3.63, 3.8) is 0 Å². The second-order valence-corrected chi connectivity index (χ2v) is 6.41. The van der Waals surface area contributed by atoms with Crippen LogP contribution in [0.5, 0.6) is 0 Å². The summed E-state index contributed by atoms with van der Waals surface area (Å²) < 4.78 is 5.48. The molecule has 1 aliphatic carbocycles. The van der Waals surface area contributed by atoms with Gasteiger partial charge in [-0.05, 0) is 12.8 Å². The highest BCUT2D eigenvalue weighted by atomic mass is 16.5. The summed E-state index contributed by atoms with van der Waals surface area (Å²) in [5, 5.41) is 7.65. The predicted octanol–water partition coefficient (Wildman–Crippen LogP) is 4.33. The number of hydrogen-bond acceptors (Lipinski definition) is 6. The molecule has 1 N–H and O–H groups in total. The minimum absolute atomic E-state index is 0.438. The molecule has 1 saturated carbocycles. The molecular weight excluding hydrogens is 314 g/mol. The summed E-state index contributed by atoms with van der Waals surface area (Å²) in [5.74, 6) is 1.78. The molecule has 0 spiro atoms. The lowest BCUT2D eigenvalue weighted by Crippen LogP contribution is -2.19. The molecule has 0 unspecified atom stereocenters. The van der Waals surface area contributed by atoms with Gasteiger partial charge in [-0.1, -0.05) is 61.2 Å². The predicted molar refractivity (Wildman–Crippen MR) is 95.9 cm³/mol. The summed E-state index contributed by atoms with van der Waals surface area (Å²) >= 11 is 0. The van der Waals surface area contributed by atoms with Crippen molar-refractivity contribution >= 4 is 5.82 Å². The fraction of sp³-hybridized carbons (Fsp3) is 0.368. The van der Waals surface area contributed by atoms with Crippen molar-refractivity contribution in [3.8, 4) is 22.8 Å². The molecule has 2 aromatic heterocycles. The second kappa shape index (κ2) is 7.42. The summed E-state index contributed by atoms with van der Waals surface area (Å²) in [6, 6.07) is 10.2. The summed E-state index contributed by atoms with van der Waals surface area (Å²) in [7, 11) is 0. The van der Waals surface area contributed by atoms with Crippen molar-refractivity contribution in [2.45, 2.75) is 44.6 Å². The van der Waals surface area contributed by atoms with E-state index in [1.165, 1.54) is 38.5 Å². The van der Waals surface area contributed by atoms with Gasteiger partial charge in [0.1, 0.15) is 17.7 Å². The van der Waals surface area contributed by atoms with E-state index in [4.69, 9.17) is 4.52 Å². The van der Waals surface area contributed by atoms with E-state index in [1.54, 1.807) is 12.5 Å². The number of hydrogen-bond donors (Lipinski definition) is 1. The molecule has 0 atom stereocenters. The van der Waals surface area contributed by atoms with Crippen molar-refractivity contribution in [2.24, 2.45) is 0 Å². The SMILES string of the molecule is c1ccc(-c2noc(-c3cncnc3NC3CCCCCC3)n2)cc1. The standard InChI is InChI=1S/C19H21N5O/c1-2-7-11-15(10-6-1)22-18-16(12-20-13-21-18)19-23-17(24-25-19)14-8-4-3-5-9-14/h3-5,8-9,12-13,15H,1-2,6-7,10-11H2,(H,20,21,22). The second-order valence-electron chi connectivity index (χ2n) is 6.41. The van der Waals surface area contributed by atoms with Gasteiger partial charge in [0.2, 0.25) is 5.82 Å². The number of rotatable bonds is 4. The van der Waals surface area contributed by atoms with Crippen LogP contribution < -0.4 is 5.32 Å². The monoisotopic (exact) mass is 335 g/mol. The van der Waals surface area contributed by atoms with Gasteiger partial charge in [0.15, 0.2) is 0 Å². The van der Waals surface area contributed by atoms with Crippen LogP contribution in [0.25, 0.3) is 22.8 Å². The molecule has 1 fully saturated rings. The summed E-state index contributed by atoms with van der Waals surface area (Å²) in [6.07, 6.45) is 10.8. The summed E-state index contributed by atoms with van der Waals surface area (Å²) in [5.41, 5.74) is 1.68. The van der Waals surface area contributed by atoms with Gasteiger partial charge >= 0.3 is 0 Å². The van der Waals surface area contributed by atoms with Gasteiger partial charge in [-0.15, -0.1) is 0 Å².